The lowest BCUT2D eigenvalue weighted by molar-refractivity contribution is -0.115. The normalized spacial score (nSPS) is 10.7. The summed E-state index contributed by atoms with van der Waals surface area (Å²) in [4.78, 5) is 26.0. The number of hydrogen-bond donors (Lipinski definition) is 1. The molecule has 0 saturated heterocycles. The predicted octanol–water partition coefficient (Wildman–Crippen LogP) is 5.45. The Morgan fingerprint density at radius 3 is 2.34 bits per heavy atom. The number of nitrogens with one attached hydrogen (secondary N) is 1. The van der Waals surface area contributed by atoms with Crippen LogP contribution in [0, 0.1) is 26.6 Å². The molecule has 0 aliphatic carbocycles. The number of hydrogen-bond acceptors (Lipinski definition) is 4. The van der Waals surface area contributed by atoms with Crippen LogP contribution >= 0.6 is 11.3 Å². The second-order valence-corrected chi connectivity index (χ2v) is 8.10. The van der Waals surface area contributed by atoms with Gasteiger partial charge in [-0.25, -0.2) is 9.18 Å². The highest BCUT2D eigenvalue weighted by atomic mass is 32.1. The van der Waals surface area contributed by atoms with Gasteiger partial charge in [0.1, 0.15) is 16.4 Å². The van der Waals surface area contributed by atoms with E-state index >= 15 is 0 Å². The Balaban J connectivity index is 1.96. The summed E-state index contributed by atoms with van der Waals surface area (Å²) >= 11 is 1.34. The standard InChI is InChI=1S/C23H22FNO3S/c1-13-5-8-17(11-14(13)2)20-15(3)29-22(21(20)23(27)28-4)25-19(26)12-16-6-9-18(24)10-7-16/h5-11H,12H2,1-4H3,(H,25,26). The summed E-state index contributed by atoms with van der Waals surface area (Å²) in [7, 11) is 1.32. The van der Waals surface area contributed by atoms with Crippen LogP contribution < -0.4 is 5.32 Å². The van der Waals surface area contributed by atoms with Crippen LogP contribution in [0.25, 0.3) is 11.1 Å². The SMILES string of the molecule is COC(=O)c1c(NC(=O)Cc2ccc(F)cc2)sc(C)c1-c1ccc(C)c(C)c1. The number of anilines is 1. The van der Waals surface area contributed by atoms with Gasteiger partial charge in [0, 0.05) is 10.4 Å². The number of aryl methyl sites for hydroxylation is 3. The van der Waals surface area contributed by atoms with Crippen molar-refractivity contribution in [2.45, 2.75) is 27.2 Å². The van der Waals surface area contributed by atoms with Gasteiger partial charge in [-0.05, 0) is 55.2 Å². The van der Waals surface area contributed by atoms with Crippen LogP contribution in [-0.4, -0.2) is 19.0 Å². The van der Waals surface area contributed by atoms with Crippen molar-refractivity contribution >= 4 is 28.2 Å². The Morgan fingerprint density at radius 1 is 1.03 bits per heavy atom. The van der Waals surface area contributed by atoms with Crippen molar-refractivity contribution < 1.29 is 18.7 Å². The van der Waals surface area contributed by atoms with Gasteiger partial charge in [-0.1, -0.05) is 30.3 Å². The Hall–Kier alpha value is -2.99. The molecule has 0 radical (unpaired) electrons. The van der Waals surface area contributed by atoms with E-state index in [0.29, 0.717) is 16.1 Å². The largest absolute Gasteiger partial charge is 0.465 e. The second-order valence-electron chi connectivity index (χ2n) is 6.88. The Kier molecular flexibility index (Phi) is 6.13. The summed E-state index contributed by atoms with van der Waals surface area (Å²) in [5.41, 5.74) is 4.99. The van der Waals surface area contributed by atoms with Crippen LogP contribution in [0.3, 0.4) is 0 Å². The summed E-state index contributed by atoms with van der Waals surface area (Å²) in [6, 6.07) is 11.8. The van der Waals surface area contributed by atoms with Gasteiger partial charge in [0.05, 0.1) is 13.5 Å². The topological polar surface area (TPSA) is 55.4 Å². The van der Waals surface area contributed by atoms with Gasteiger partial charge < -0.3 is 10.1 Å². The minimum atomic E-state index is -0.500. The minimum absolute atomic E-state index is 0.0802. The molecule has 3 rings (SSSR count). The van der Waals surface area contributed by atoms with Gasteiger partial charge in [-0.2, -0.15) is 0 Å². The Bertz CT molecular complexity index is 1070. The smallest absolute Gasteiger partial charge is 0.341 e. The fourth-order valence-corrected chi connectivity index (χ4v) is 4.21. The first-order valence-corrected chi connectivity index (χ1v) is 9.95. The van der Waals surface area contributed by atoms with Gasteiger partial charge in [-0.15, -0.1) is 11.3 Å². The molecule has 1 amide bonds. The zero-order valence-electron chi connectivity index (χ0n) is 16.8. The Labute approximate surface area is 173 Å². The average Bonchev–Trinajstić information content (AvgIpc) is 3.00. The first-order valence-electron chi connectivity index (χ1n) is 9.13. The van der Waals surface area contributed by atoms with E-state index in [2.05, 4.69) is 5.32 Å². The third-order valence-corrected chi connectivity index (χ3v) is 5.82. The molecule has 0 aliphatic rings. The summed E-state index contributed by atoms with van der Waals surface area (Å²) < 4.78 is 18.1. The number of thiophene rings is 1. The van der Waals surface area contributed by atoms with E-state index in [1.54, 1.807) is 12.1 Å². The number of carbonyl (C=O) groups is 2. The highest BCUT2D eigenvalue weighted by Crippen LogP contribution is 2.40. The molecule has 1 heterocycles. The molecular formula is C23H22FNO3S. The highest BCUT2D eigenvalue weighted by molar-refractivity contribution is 7.17. The van der Waals surface area contributed by atoms with Crippen LogP contribution in [0.4, 0.5) is 9.39 Å². The van der Waals surface area contributed by atoms with Crippen molar-refractivity contribution in [2.24, 2.45) is 0 Å². The molecule has 0 saturated carbocycles. The van der Waals surface area contributed by atoms with Crippen LogP contribution in [0.15, 0.2) is 42.5 Å². The van der Waals surface area contributed by atoms with Crippen LogP contribution in [-0.2, 0) is 16.0 Å². The maximum atomic E-state index is 13.1. The lowest BCUT2D eigenvalue weighted by Crippen LogP contribution is -2.16. The second kappa shape index (κ2) is 8.57. The molecule has 1 N–H and O–H groups in total. The number of halogens is 1. The van der Waals surface area contributed by atoms with Gasteiger partial charge >= 0.3 is 5.97 Å². The quantitative estimate of drug-likeness (QED) is 0.568. The minimum Gasteiger partial charge on any atom is -0.465 e. The predicted molar refractivity (Wildman–Crippen MR) is 114 cm³/mol. The number of benzene rings is 2. The fraction of sp³-hybridized carbons (Fsp3) is 0.217. The molecule has 1 aromatic heterocycles. The molecule has 6 heteroatoms. The lowest BCUT2D eigenvalue weighted by atomic mass is 9.97. The van der Waals surface area contributed by atoms with E-state index in [-0.39, 0.29) is 18.1 Å². The molecule has 0 atom stereocenters. The average molecular weight is 411 g/mol. The van der Waals surface area contributed by atoms with Crippen molar-refractivity contribution in [1.29, 1.82) is 0 Å². The molecule has 0 unspecified atom stereocenters. The van der Waals surface area contributed by atoms with Gasteiger partial charge in [0.25, 0.3) is 0 Å². The summed E-state index contributed by atoms with van der Waals surface area (Å²) in [6.07, 6.45) is 0.0802. The van der Waals surface area contributed by atoms with E-state index < -0.39 is 5.97 Å². The number of esters is 1. The third-order valence-electron chi connectivity index (χ3n) is 4.80. The summed E-state index contributed by atoms with van der Waals surface area (Å²) in [6.45, 7) is 5.96. The number of carbonyl (C=O) groups excluding carboxylic acids is 2. The molecule has 0 bridgehead atoms. The van der Waals surface area contributed by atoms with Crippen LogP contribution in [0.5, 0.6) is 0 Å². The van der Waals surface area contributed by atoms with Crippen molar-refractivity contribution in [3.8, 4) is 11.1 Å². The van der Waals surface area contributed by atoms with Gasteiger partial charge in [-0.3, -0.25) is 4.79 Å². The zero-order chi connectivity index (χ0) is 21.1. The number of rotatable bonds is 5. The first kappa shape index (κ1) is 20.7. The molecule has 3 aromatic rings. The molecule has 4 nitrogen and oxygen atoms in total. The zero-order valence-corrected chi connectivity index (χ0v) is 17.6. The molecular weight excluding hydrogens is 389 g/mol. The van der Waals surface area contributed by atoms with E-state index in [1.165, 1.54) is 30.6 Å². The molecule has 0 spiro atoms. The van der Waals surface area contributed by atoms with Crippen molar-refractivity contribution in [2.75, 3.05) is 12.4 Å². The van der Waals surface area contributed by atoms with E-state index in [9.17, 15) is 14.0 Å². The fourth-order valence-electron chi connectivity index (χ4n) is 3.13. The van der Waals surface area contributed by atoms with Crippen molar-refractivity contribution in [3.05, 3.63) is 75.4 Å². The van der Waals surface area contributed by atoms with Crippen molar-refractivity contribution in [1.82, 2.24) is 0 Å². The molecule has 29 heavy (non-hydrogen) atoms. The summed E-state index contributed by atoms with van der Waals surface area (Å²) in [5.74, 6) is -1.14. The van der Waals surface area contributed by atoms with Gasteiger partial charge in [0.15, 0.2) is 0 Å². The third kappa shape index (κ3) is 4.54. The molecule has 2 aromatic carbocycles. The molecule has 150 valence electrons. The number of methoxy groups -OCH3 is 1. The number of amides is 1. The first-order chi connectivity index (χ1) is 13.8. The van der Waals surface area contributed by atoms with Crippen molar-refractivity contribution in [3.63, 3.8) is 0 Å². The van der Waals surface area contributed by atoms with E-state index in [0.717, 1.165) is 27.1 Å². The lowest BCUT2D eigenvalue weighted by Gasteiger charge is -2.10. The van der Waals surface area contributed by atoms with Gasteiger partial charge in [0.2, 0.25) is 5.91 Å². The molecule has 0 aliphatic heterocycles. The van der Waals surface area contributed by atoms with E-state index in [4.69, 9.17) is 4.74 Å². The van der Waals surface area contributed by atoms with E-state index in [1.807, 2.05) is 39.0 Å². The molecule has 0 fully saturated rings. The highest BCUT2D eigenvalue weighted by Gasteiger charge is 2.25. The monoisotopic (exact) mass is 411 g/mol. The summed E-state index contributed by atoms with van der Waals surface area (Å²) in [5, 5.41) is 3.28. The Morgan fingerprint density at radius 2 is 1.72 bits per heavy atom. The maximum Gasteiger partial charge on any atom is 0.341 e. The number of ether oxygens (including phenoxy) is 1. The maximum absolute atomic E-state index is 13.1. The van der Waals surface area contributed by atoms with Crippen LogP contribution in [0.2, 0.25) is 0 Å². The van der Waals surface area contributed by atoms with Crippen LogP contribution in [0.1, 0.15) is 31.9 Å².